The van der Waals surface area contributed by atoms with E-state index in [9.17, 15) is 4.79 Å². The molecule has 0 saturated heterocycles. The average molecular weight is 259 g/mol. The van der Waals surface area contributed by atoms with Gasteiger partial charge in [-0.25, -0.2) is 4.98 Å². The van der Waals surface area contributed by atoms with Gasteiger partial charge in [-0.05, 0) is 30.9 Å². The second-order valence-corrected chi connectivity index (χ2v) is 5.36. The highest BCUT2D eigenvalue weighted by molar-refractivity contribution is 5.78. The molecule has 0 aliphatic rings. The monoisotopic (exact) mass is 259 g/mol. The lowest BCUT2D eigenvalue weighted by Crippen LogP contribution is -2.26. The maximum Gasteiger partial charge on any atom is 0.226 e. The number of aryl methyl sites for hydroxylation is 1. The van der Waals surface area contributed by atoms with Crippen LogP contribution in [0.15, 0.2) is 24.5 Å². The molecule has 0 radical (unpaired) electrons. The smallest absolute Gasteiger partial charge is 0.226 e. The molecule has 0 aliphatic carbocycles. The van der Waals surface area contributed by atoms with Crippen LogP contribution in [0.1, 0.15) is 31.5 Å². The molecule has 0 unspecified atom stereocenters. The van der Waals surface area contributed by atoms with Crippen LogP contribution < -0.4 is 5.32 Å². The Balaban J connectivity index is 1.97. The lowest BCUT2D eigenvalue weighted by Gasteiger charge is -2.05. The third kappa shape index (κ3) is 3.56. The summed E-state index contributed by atoms with van der Waals surface area (Å²) < 4.78 is 1.96. The van der Waals surface area contributed by atoms with Gasteiger partial charge in [-0.1, -0.05) is 19.9 Å². The number of nitrogens with one attached hydrogen (secondary N) is 1. The van der Waals surface area contributed by atoms with E-state index in [1.807, 2.05) is 35.9 Å². The minimum Gasteiger partial charge on any atom is -0.356 e. The van der Waals surface area contributed by atoms with E-state index in [2.05, 4.69) is 24.1 Å². The lowest BCUT2D eigenvalue weighted by molar-refractivity contribution is -0.120. The van der Waals surface area contributed by atoms with E-state index >= 15 is 0 Å². The van der Waals surface area contributed by atoms with Crippen molar-refractivity contribution in [3.8, 4) is 0 Å². The highest BCUT2D eigenvalue weighted by atomic mass is 16.1. The van der Waals surface area contributed by atoms with Crippen LogP contribution in [0, 0.1) is 12.8 Å². The van der Waals surface area contributed by atoms with Gasteiger partial charge in [0.25, 0.3) is 0 Å². The minimum absolute atomic E-state index is 0.0432. The fourth-order valence-corrected chi connectivity index (χ4v) is 2.02. The Kier molecular flexibility index (Phi) is 4.20. The molecule has 102 valence electrons. The van der Waals surface area contributed by atoms with Crippen molar-refractivity contribution in [1.82, 2.24) is 14.7 Å². The Morgan fingerprint density at radius 2 is 2.26 bits per heavy atom. The Bertz CT molecular complexity index is 572. The van der Waals surface area contributed by atoms with Gasteiger partial charge in [0.2, 0.25) is 5.91 Å². The van der Waals surface area contributed by atoms with Crippen molar-refractivity contribution in [2.24, 2.45) is 5.92 Å². The average Bonchev–Trinajstić information content (AvgIpc) is 2.72. The maximum absolute atomic E-state index is 11.8. The van der Waals surface area contributed by atoms with Crippen LogP contribution in [0.3, 0.4) is 0 Å². The van der Waals surface area contributed by atoms with E-state index in [4.69, 9.17) is 0 Å². The molecule has 2 aromatic rings. The first-order chi connectivity index (χ1) is 9.06. The number of fused-ring (bicyclic) bond motifs is 1. The molecule has 0 fully saturated rings. The molecule has 0 aliphatic heterocycles. The Morgan fingerprint density at radius 3 is 2.95 bits per heavy atom. The van der Waals surface area contributed by atoms with Gasteiger partial charge in [0.05, 0.1) is 12.1 Å². The summed E-state index contributed by atoms with van der Waals surface area (Å²) in [7, 11) is 0. The predicted octanol–water partition coefficient (Wildman–Crippen LogP) is 2.35. The molecule has 0 aromatic carbocycles. The number of hydrogen-bond acceptors (Lipinski definition) is 2. The quantitative estimate of drug-likeness (QED) is 0.896. The maximum atomic E-state index is 11.8. The zero-order chi connectivity index (χ0) is 13.8. The van der Waals surface area contributed by atoms with Crippen LogP contribution >= 0.6 is 0 Å². The first kappa shape index (κ1) is 13.6. The molecular formula is C15H21N3O. The first-order valence-corrected chi connectivity index (χ1v) is 6.76. The number of rotatable bonds is 5. The molecule has 19 heavy (non-hydrogen) atoms. The van der Waals surface area contributed by atoms with Gasteiger partial charge in [0.1, 0.15) is 5.65 Å². The van der Waals surface area contributed by atoms with Crippen molar-refractivity contribution in [3.63, 3.8) is 0 Å². The molecular weight excluding hydrogens is 238 g/mol. The van der Waals surface area contributed by atoms with Crippen LogP contribution in [0.5, 0.6) is 0 Å². The molecule has 0 spiro atoms. The number of carbonyl (C=O) groups excluding carboxylic acids is 1. The molecule has 4 heteroatoms. The molecule has 0 saturated carbocycles. The van der Waals surface area contributed by atoms with E-state index in [1.54, 1.807) is 0 Å². The fraction of sp³-hybridized carbons (Fsp3) is 0.467. The minimum atomic E-state index is 0.0432. The Hall–Kier alpha value is -1.84. The van der Waals surface area contributed by atoms with Crippen LogP contribution in [-0.4, -0.2) is 21.8 Å². The van der Waals surface area contributed by atoms with E-state index in [1.165, 1.54) is 0 Å². The zero-order valence-electron chi connectivity index (χ0n) is 11.8. The molecule has 0 atom stereocenters. The van der Waals surface area contributed by atoms with Crippen molar-refractivity contribution >= 4 is 11.6 Å². The predicted molar refractivity (Wildman–Crippen MR) is 76.1 cm³/mol. The largest absolute Gasteiger partial charge is 0.356 e. The van der Waals surface area contributed by atoms with Gasteiger partial charge in [-0.15, -0.1) is 0 Å². The summed E-state index contributed by atoms with van der Waals surface area (Å²) in [6, 6.07) is 4.01. The SMILES string of the molecule is Cc1cccn2cc(CC(=O)NCCC(C)C)nc12. The van der Waals surface area contributed by atoms with Gasteiger partial charge < -0.3 is 9.72 Å². The summed E-state index contributed by atoms with van der Waals surface area (Å²) in [6.07, 6.45) is 5.23. The molecule has 1 amide bonds. The van der Waals surface area contributed by atoms with E-state index in [0.29, 0.717) is 12.3 Å². The van der Waals surface area contributed by atoms with Gasteiger partial charge >= 0.3 is 0 Å². The molecule has 4 nitrogen and oxygen atoms in total. The van der Waals surface area contributed by atoms with Crippen molar-refractivity contribution in [3.05, 3.63) is 35.8 Å². The first-order valence-electron chi connectivity index (χ1n) is 6.76. The molecule has 2 heterocycles. The zero-order valence-corrected chi connectivity index (χ0v) is 11.8. The summed E-state index contributed by atoms with van der Waals surface area (Å²) in [4.78, 5) is 16.3. The molecule has 0 bridgehead atoms. The number of amides is 1. The summed E-state index contributed by atoms with van der Waals surface area (Å²) in [6.45, 7) is 7.06. The highest BCUT2D eigenvalue weighted by Gasteiger charge is 2.08. The van der Waals surface area contributed by atoms with Crippen LogP contribution in [-0.2, 0) is 11.2 Å². The number of carbonyl (C=O) groups is 1. The number of pyridine rings is 1. The second kappa shape index (κ2) is 5.87. The third-order valence-corrected chi connectivity index (χ3v) is 3.11. The summed E-state index contributed by atoms with van der Waals surface area (Å²) in [5.74, 6) is 0.653. The summed E-state index contributed by atoms with van der Waals surface area (Å²) >= 11 is 0. The van der Waals surface area contributed by atoms with E-state index < -0.39 is 0 Å². The number of hydrogen-bond donors (Lipinski definition) is 1. The summed E-state index contributed by atoms with van der Waals surface area (Å²) in [5, 5.41) is 2.93. The molecule has 2 rings (SSSR count). The number of nitrogens with zero attached hydrogens (tertiary/aromatic N) is 2. The van der Waals surface area contributed by atoms with Crippen molar-refractivity contribution in [1.29, 1.82) is 0 Å². The van der Waals surface area contributed by atoms with Crippen LogP contribution in [0.25, 0.3) is 5.65 Å². The van der Waals surface area contributed by atoms with Crippen molar-refractivity contribution in [2.75, 3.05) is 6.54 Å². The van der Waals surface area contributed by atoms with Gasteiger partial charge in [-0.3, -0.25) is 4.79 Å². The molecule has 2 aromatic heterocycles. The van der Waals surface area contributed by atoms with Crippen LogP contribution in [0.4, 0.5) is 0 Å². The van der Waals surface area contributed by atoms with Gasteiger partial charge in [0.15, 0.2) is 0 Å². The second-order valence-electron chi connectivity index (χ2n) is 5.36. The Morgan fingerprint density at radius 1 is 1.47 bits per heavy atom. The topological polar surface area (TPSA) is 46.4 Å². The fourth-order valence-electron chi connectivity index (χ4n) is 2.02. The van der Waals surface area contributed by atoms with Gasteiger partial charge in [-0.2, -0.15) is 0 Å². The highest BCUT2D eigenvalue weighted by Crippen LogP contribution is 2.10. The van der Waals surface area contributed by atoms with Gasteiger partial charge in [0, 0.05) is 18.9 Å². The third-order valence-electron chi connectivity index (χ3n) is 3.11. The van der Waals surface area contributed by atoms with Crippen molar-refractivity contribution < 1.29 is 4.79 Å². The van der Waals surface area contributed by atoms with E-state index in [0.717, 1.165) is 29.9 Å². The van der Waals surface area contributed by atoms with E-state index in [-0.39, 0.29) is 5.91 Å². The number of aromatic nitrogens is 2. The standard InChI is InChI=1S/C15H21N3O/c1-11(2)6-7-16-14(19)9-13-10-18-8-4-5-12(3)15(18)17-13/h4-5,8,10-11H,6-7,9H2,1-3H3,(H,16,19). The normalized spacial score (nSPS) is 11.2. The number of imidazole rings is 1. The molecule has 1 N–H and O–H groups in total. The Labute approximate surface area is 113 Å². The summed E-state index contributed by atoms with van der Waals surface area (Å²) in [5.41, 5.74) is 2.86. The lowest BCUT2D eigenvalue weighted by atomic mass is 10.1. The van der Waals surface area contributed by atoms with Crippen molar-refractivity contribution in [2.45, 2.75) is 33.6 Å². The van der Waals surface area contributed by atoms with Crippen LogP contribution in [0.2, 0.25) is 0 Å².